The zero-order valence-corrected chi connectivity index (χ0v) is 10.8. The fourth-order valence-corrected chi connectivity index (χ4v) is 1.98. The molecule has 0 saturated heterocycles. The number of aryl methyl sites for hydroxylation is 1. The number of nitrogens with zero attached hydrogens (tertiary/aromatic N) is 1. The Morgan fingerprint density at radius 1 is 1.63 bits per heavy atom. The maximum Gasteiger partial charge on any atom is 0.352 e. The molecule has 0 fully saturated rings. The third-order valence-corrected chi connectivity index (χ3v) is 3.17. The van der Waals surface area contributed by atoms with E-state index in [1.165, 1.54) is 0 Å². The number of benzene rings is 1. The minimum absolute atomic E-state index is 0.124. The van der Waals surface area contributed by atoms with Crippen molar-refractivity contribution in [2.45, 2.75) is 18.9 Å². The molecule has 1 aromatic rings. The van der Waals surface area contributed by atoms with Crippen LogP contribution in [0.1, 0.15) is 17.5 Å². The first-order valence-corrected chi connectivity index (χ1v) is 5.86. The highest BCUT2D eigenvalue weighted by Gasteiger charge is 2.46. The number of hydrogen-bond donors (Lipinski definition) is 2. The Morgan fingerprint density at radius 3 is 2.89 bits per heavy atom. The van der Waals surface area contributed by atoms with Crippen LogP contribution in [0.5, 0.6) is 5.75 Å². The van der Waals surface area contributed by atoms with Gasteiger partial charge >= 0.3 is 5.97 Å². The average Bonchev–Trinajstić information content (AvgIpc) is 2.84. The van der Waals surface area contributed by atoms with Crippen molar-refractivity contribution in [2.24, 2.45) is 10.9 Å². The first-order chi connectivity index (χ1) is 9.02. The van der Waals surface area contributed by atoms with Crippen molar-refractivity contribution in [1.82, 2.24) is 0 Å². The van der Waals surface area contributed by atoms with Crippen molar-refractivity contribution in [3.05, 3.63) is 29.3 Å². The van der Waals surface area contributed by atoms with E-state index in [9.17, 15) is 9.90 Å². The molecule has 0 amide bonds. The molecule has 0 spiro atoms. The van der Waals surface area contributed by atoms with Gasteiger partial charge in [-0.05, 0) is 19.1 Å². The van der Waals surface area contributed by atoms with Gasteiger partial charge in [0.15, 0.2) is 0 Å². The molecule has 0 bridgehead atoms. The molecule has 6 nitrogen and oxygen atoms in total. The van der Waals surface area contributed by atoms with Crippen LogP contribution in [0.25, 0.3) is 0 Å². The van der Waals surface area contributed by atoms with Crippen molar-refractivity contribution in [1.29, 1.82) is 0 Å². The molecule has 1 unspecified atom stereocenters. The maximum absolute atomic E-state index is 11.2. The molecular weight excluding hydrogens is 248 g/mol. The van der Waals surface area contributed by atoms with Gasteiger partial charge < -0.3 is 20.4 Å². The third-order valence-electron chi connectivity index (χ3n) is 3.17. The molecular formula is C13H16N2O4. The Kier molecular flexibility index (Phi) is 3.44. The summed E-state index contributed by atoms with van der Waals surface area (Å²) in [6, 6.07) is 5.61. The van der Waals surface area contributed by atoms with Gasteiger partial charge in [-0.25, -0.2) is 4.79 Å². The molecule has 102 valence electrons. The summed E-state index contributed by atoms with van der Waals surface area (Å²) in [5, 5.41) is 13.1. The highest BCUT2D eigenvalue weighted by Crippen LogP contribution is 2.30. The number of carbonyl (C=O) groups is 1. The van der Waals surface area contributed by atoms with Gasteiger partial charge in [0, 0.05) is 18.5 Å². The molecule has 1 aliphatic rings. The standard InChI is InChI=1S/C13H16N2O4/c1-8-3-4-11(18-2)9(5-8)10-6-13(7-14,12(16)17)19-15-10/h3-5H,6-7,14H2,1-2H3,(H,16,17). The lowest BCUT2D eigenvalue weighted by molar-refractivity contribution is -0.161. The van der Waals surface area contributed by atoms with Gasteiger partial charge in [0.05, 0.1) is 12.8 Å². The first-order valence-electron chi connectivity index (χ1n) is 5.86. The summed E-state index contributed by atoms with van der Waals surface area (Å²) in [7, 11) is 1.55. The summed E-state index contributed by atoms with van der Waals surface area (Å²) in [6.07, 6.45) is 0.124. The monoisotopic (exact) mass is 264 g/mol. The minimum Gasteiger partial charge on any atom is -0.496 e. The van der Waals surface area contributed by atoms with Crippen LogP contribution in [0.15, 0.2) is 23.4 Å². The van der Waals surface area contributed by atoms with E-state index in [0.717, 1.165) is 11.1 Å². The van der Waals surface area contributed by atoms with Crippen LogP contribution < -0.4 is 10.5 Å². The lowest BCUT2D eigenvalue weighted by Crippen LogP contribution is -2.45. The van der Waals surface area contributed by atoms with Crippen molar-refractivity contribution in [2.75, 3.05) is 13.7 Å². The fraction of sp³-hybridized carbons (Fsp3) is 0.385. The Labute approximate surface area is 110 Å². The second-order valence-corrected chi connectivity index (χ2v) is 4.51. The first kappa shape index (κ1) is 13.4. The number of rotatable bonds is 4. The molecule has 1 aliphatic heterocycles. The summed E-state index contributed by atoms with van der Waals surface area (Å²) in [4.78, 5) is 16.3. The number of ether oxygens (including phenoxy) is 1. The summed E-state index contributed by atoms with van der Waals surface area (Å²) in [5.74, 6) is -0.480. The predicted octanol–water partition coefficient (Wildman–Crippen LogP) is 0.910. The van der Waals surface area contributed by atoms with E-state index >= 15 is 0 Å². The number of aliphatic carboxylic acids is 1. The van der Waals surface area contributed by atoms with Crippen LogP contribution in [0.4, 0.5) is 0 Å². The van der Waals surface area contributed by atoms with E-state index in [-0.39, 0.29) is 13.0 Å². The quantitative estimate of drug-likeness (QED) is 0.843. The molecule has 1 heterocycles. The summed E-state index contributed by atoms with van der Waals surface area (Å²) < 4.78 is 5.26. The largest absolute Gasteiger partial charge is 0.496 e. The van der Waals surface area contributed by atoms with E-state index in [1.807, 2.05) is 25.1 Å². The molecule has 19 heavy (non-hydrogen) atoms. The van der Waals surface area contributed by atoms with E-state index in [0.29, 0.717) is 11.5 Å². The Balaban J connectivity index is 2.35. The summed E-state index contributed by atoms with van der Waals surface area (Å²) in [6.45, 7) is 1.80. The highest BCUT2D eigenvalue weighted by molar-refractivity contribution is 6.06. The molecule has 1 atom stereocenters. The van der Waals surface area contributed by atoms with Crippen molar-refractivity contribution < 1.29 is 19.5 Å². The lowest BCUT2D eigenvalue weighted by Gasteiger charge is -2.18. The molecule has 0 saturated carbocycles. The van der Waals surface area contributed by atoms with E-state index < -0.39 is 11.6 Å². The second kappa shape index (κ2) is 4.89. The normalized spacial score (nSPS) is 21.7. The Hall–Kier alpha value is -2.08. The molecule has 0 aliphatic carbocycles. The van der Waals surface area contributed by atoms with Crippen molar-refractivity contribution in [3.63, 3.8) is 0 Å². The Morgan fingerprint density at radius 2 is 2.37 bits per heavy atom. The van der Waals surface area contributed by atoms with Gasteiger partial charge in [-0.1, -0.05) is 16.8 Å². The Bertz CT molecular complexity index is 541. The fourth-order valence-electron chi connectivity index (χ4n) is 1.98. The smallest absolute Gasteiger partial charge is 0.352 e. The van der Waals surface area contributed by atoms with Gasteiger partial charge in [-0.3, -0.25) is 0 Å². The molecule has 0 radical (unpaired) electrons. The van der Waals surface area contributed by atoms with Crippen LogP contribution in [-0.2, 0) is 9.63 Å². The van der Waals surface area contributed by atoms with Gasteiger partial charge in [-0.2, -0.15) is 0 Å². The van der Waals surface area contributed by atoms with Crippen LogP contribution in [0.3, 0.4) is 0 Å². The highest BCUT2D eigenvalue weighted by atomic mass is 16.7. The zero-order valence-electron chi connectivity index (χ0n) is 10.8. The zero-order chi connectivity index (χ0) is 14.0. The summed E-state index contributed by atoms with van der Waals surface area (Å²) in [5.41, 5.74) is 6.33. The van der Waals surface area contributed by atoms with Crippen molar-refractivity contribution in [3.8, 4) is 5.75 Å². The topological polar surface area (TPSA) is 94.1 Å². The molecule has 3 N–H and O–H groups in total. The number of carboxylic acid groups (broad SMARTS) is 1. The molecule has 2 rings (SSSR count). The SMILES string of the molecule is COc1ccc(C)cc1C1=NOC(CN)(C(=O)O)C1. The predicted molar refractivity (Wildman–Crippen MR) is 69.4 cm³/mol. The average molecular weight is 264 g/mol. The van der Waals surface area contributed by atoms with Crippen molar-refractivity contribution >= 4 is 11.7 Å². The van der Waals surface area contributed by atoms with Gasteiger partial charge in [0.25, 0.3) is 5.60 Å². The molecule has 1 aromatic carbocycles. The minimum atomic E-state index is -1.47. The summed E-state index contributed by atoms with van der Waals surface area (Å²) >= 11 is 0. The van der Waals surface area contributed by atoms with Gasteiger partial charge in [0.2, 0.25) is 0 Å². The van der Waals surface area contributed by atoms with Gasteiger partial charge in [0.1, 0.15) is 5.75 Å². The molecule has 0 aromatic heterocycles. The second-order valence-electron chi connectivity index (χ2n) is 4.51. The van der Waals surface area contributed by atoms with E-state index in [1.54, 1.807) is 7.11 Å². The van der Waals surface area contributed by atoms with Gasteiger partial charge in [-0.15, -0.1) is 0 Å². The van der Waals surface area contributed by atoms with E-state index in [2.05, 4.69) is 5.16 Å². The number of hydrogen-bond acceptors (Lipinski definition) is 5. The number of nitrogens with two attached hydrogens (primary N) is 1. The van der Waals surface area contributed by atoms with Crippen LogP contribution in [0, 0.1) is 6.92 Å². The van der Waals surface area contributed by atoms with Crippen LogP contribution in [0.2, 0.25) is 0 Å². The number of oxime groups is 1. The van der Waals surface area contributed by atoms with Crippen LogP contribution >= 0.6 is 0 Å². The number of methoxy groups -OCH3 is 1. The number of carboxylic acids is 1. The third kappa shape index (κ3) is 2.26. The van der Waals surface area contributed by atoms with E-state index in [4.69, 9.17) is 15.3 Å². The molecule has 6 heteroatoms. The lowest BCUT2D eigenvalue weighted by atomic mass is 9.93. The van der Waals surface area contributed by atoms with Crippen LogP contribution in [-0.4, -0.2) is 36.0 Å². The maximum atomic E-state index is 11.2.